The van der Waals surface area contributed by atoms with E-state index in [4.69, 9.17) is 14.8 Å². The van der Waals surface area contributed by atoms with Gasteiger partial charge in [-0.2, -0.15) is 9.57 Å². The van der Waals surface area contributed by atoms with Crippen LogP contribution in [-0.2, 0) is 10.0 Å². The molecule has 0 aliphatic carbocycles. The van der Waals surface area contributed by atoms with Crippen LogP contribution in [0.3, 0.4) is 0 Å². The monoisotopic (exact) mass is 286 g/mol. The molecule has 0 saturated carbocycles. The molecule has 7 nitrogen and oxygen atoms in total. The third-order valence-electron chi connectivity index (χ3n) is 2.38. The van der Waals surface area contributed by atoms with E-state index in [1.54, 1.807) is 13.8 Å². The Labute approximate surface area is 111 Å². The normalized spacial score (nSPS) is 11.7. The van der Waals surface area contributed by atoms with Gasteiger partial charge in [-0.1, -0.05) is 0 Å². The maximum absolute atomic E-state index is 12.2. The summed E-state index contributed by atoms with van der Waals surface area (Å²) in [6, 6.07) is 3.68. The highest BCUT2D eigenvalue weighted by Gasteiger charge is 2.30. The lowest BCUT2D eigenvalue weighted by atomic mass is 10.3. The summed E-state index contributed by atoms with van der Waals surface area (Å²) in [5, 5.41) is 16.8. The number of hydrogen-bond donors (Lipinski definition) is 1. The number of carboxylic acids is 1. The number of furan rings is 1. The van der Waals surface area contributed by atoms with Crippen LogP contribution in [0.2, 0.25) is 0 Å². The molecule has 0 unspecified atom stereocenters. The van der Waals surface area contributed by atoms with Crippen LogP contribution in [-0.4, -0.2) is 36.4 Å². The Kier molecular flexibility index (Phi) is 4.69. The summed E-state index contributed by atoms with van der Waals surface area (Å²) in [6.07, 6.45) is 0.0455. The molecule has 104 valence electrons. The highest BCUT2D eigenvalue weighted by molar-refractivity contribution is 7.89. The van der Waals surface area contributed by atoms with Crippen LogP contribution in [0.1, 0.15) is 30.8 Å². The Balaban J connectivity index is 3.12. The Morgan fingerprint density at radius 1 is 1.53 bits per heavy atom. The molecule has 1 aromatic rings. The first-order valence-corrected chi connectivity index (χ1v) is 6.96. The molecule has 0 aliphatic heterocycles. The van der Waals surface area contributed by atoms with Crippen molar-refractivity contribution in [3.8, 4) is 6.07 Å². The molecule has 0 aromatic carbocycles. The first kappa shape index (κ1) is 15.2. The van der Waals surface area contributed by atoms with E-state index in [2.05, 4.69) is 0 Å². The van der Waals surface area contributed by atoms with Crippen molar-refractivity contribution < 1.29 is 22.7 Å². The predicted molar refractivity (Wildman–Crippen MR) is 64.9 cm³/mol. The van der Waals surface area contributed by atoms with Gasteiger partial charge in [0.05, 0.1) is 6.07 Å². The molecular formula is C11H14N2O5S. The third-order valence-corrected chi connectivity index (χ3v) is 4.32. The van der Waals surface area contributed by atoms with Gasteiger partial charge in [0, 0.05) is 19.0 Å². The summed E-state index contributed by atoms with van der Waals surface area (Å²) >= 11 is 0. The van der Waals surface area contributed by atoms with E-state index in [1.807, 2.05) is 6.07 Å². The van der Waals surface area contributed by atoms with Crippen molar-refractivity contribution >= 4 is 16.0 Å². The zero-order chi connectivity index (χ0) is 14.6. The minimum atomic E-state index is -3.93. The minimum Gasteiger partial charge on any atom is -0.475 e. The molecule has 0 saturated heterocycles. The maximum Gasteiger partial charge on any atom is 0.371 e. The highest BCUT2D eigenvalue weighted by atomic mass is 32.2. The highest BCUT2D eigenvalue weighted by Crippen LogP contribution is 2.21. The van der Waals surface area contributed by atoms with Gasteiger partial charge in [0.25, 0.3) is 10.0 Å². The fourth-order valence-electron chi connectivity index (χ4n) is 1.51. The van der Waals surface area contributed by atoms with E-state index < -0.39 is 26.8 Å². The molecule has 1 aromatic heterocycles. The van der Waals surface area contributed by atoms with Crippen LogP contribution in [0.4, 0.5) is 0 Å². The second kappa shape index (κ2) is 5.86. The summed E-state index contributed by atoms with van der Waals surface area (Å²) < 4.78 is 30.4. The summed E-state index contributed by atoms with van der Waals surface area (Å²) in [4.78, 5) is 10.7. The third kappa shape index (κ3) is 3.33. The van der Waals surface area contributed by atoms with E-state index in [-0.39, 0.29) is 19.0 Å². The molecule has 1 heterocycles. The SMILES string of the molecule is CC(C)N(CCC#N)S(=O)(=O)c1ccc(C(=O)O)o1. The van der Waals surface area contributed by atoms with Crippen molar-refractivity contribution in [2.24, 2.45) is 0 Å². The summed E-state index contributed by atoms with van der Waals surface area (Å²) in [5.74, 6) is -1.78. The van der Waals surface area contributed by atoms with E-state index in [0.29, 0.717) is 0 Å². The van der Waals surface area contributed by atoms with Crippen molar-refractivity contribution in [3.05, 3.63) is 17.9 Å². The molecule has 1 N–H and O–H groups in total. The molecule has 0 aliphatic rings. The van der Waals surface area contributed by atoms with Crippen LogP contribution < -0.4 is 0 Å². The number of sulfonamides is 1. The molecule has 1 rings (SSSR count). The first-order valence-electron chi connectivity index (χ1n) is 5.52. The zero-order valence-electron chi connectivity index (χ0n) is 10.5. The number of carbonyl (C=O) groups is 1. The quantitative estimate of drug-likeness (QED) is 0.843. The van der Waals surface area contributed by atoms with Gasteiger partial charge in [-0.25, -0.2) is 13.2 Å². The predicted octanol–water partition coefficient (Wildman–Crippen LogP) is 1.29. The van der Waals surface area contributed by atoms with Gasteiger partial charge in [-0.05, 0) is 26.0 Å². The molecule has 19 heavy (non-hydrogen) atoms. The molecule has 0 amide bonds. The zero-order valence-corrected chi connectivity index (χ0v) is 11.3. The van der Waals surface area contributed by atoms with E-state index in [9.17, 15) is 13.2 Å². The van der Waals surface area contributed by atoms with Crippen molar-refractivity contribution in [1.29, 1.82) is 5.26 Å². The van der Waals surface area contributed by atoms with Gasteiger partial charge in [-0.3, -0.25) is 0 Å². The fraction of sp³-hybridized carbons (Fsp3) is 0.455. The Morgan fingerprint density at radius 3 is 2.58 bits per heavy atom. The van der Waals surface area contributed by atoms with Crippen LogP contribution in [0, 0.1) is 11.3 Å². The molecule has 0 spiro atoms. The maximum atomic E-state index is 12.2. The van der Waals surface area contributed by atoms with Crippen LogP contribution >= 0.6 is 0 Å². The second-order valence-electron chi connectivity index (χ2n) is 4.04. The summed E-state index contributed by atoms with van der Waals surface area (Å²) in [6.45, 7) is 3.35. The van der Waals surface area contributed by atoms with Gasteiger partial charge < -0.3 is 9.52 Å². The van der Waals surface area contributed by atoms with Gasteiger partial charge in [0.2, 0.25) is 10.9 Å². The molecule has 0 bridgehead atoms. The number of hydrogen-bond acceptors (Lipinski definition) is 5. The van der Waals surface area contributed by atoms with Gasteiger partial charge in [-0.15, -0.1) is 0 Å². The van der Waals surface area contributed by atoms with Crippen molar-refractivity contribution in [2.75, 3.05) is 6.54 Å². The Bertz CT molecular complexity index is 597. The topological polar surface area (TPSA) is 112 Å². The lowest BCUT2D eigenvalue weighted by molar-refractivity contribution is 0.0656. The van der Waals surface area contributed by atoms with E-state index in [0.717, 1.165) is 16.4 Å². The number of rotatable bonds is 6. The first-order chi connectivity index (χ1) is 8.80. The standard InChI is InChI=1S/C11H14N2O5S/c1-8(2)13(7-3-6-12)19(16,17)10-5-4-9(18-10)11(14)15/h4-5,8H,3,7H2,1-2H3,(H,14,15). The van der Waals surface area contributed by atoms with E-state index >= 15 is 0 Å². The number of nitriles is 1. The Morgan fingerprint density at radius 2 is 2.16 bits per heavy atom. The van der Waals surface area contributed by atoms with Crippen molar-refractivity contribution in [3.63, 3.8) is 0 Å². The summed E-state index contributed by atoms with van der Waals surface area (Å²) in [5.41, 5.74) is 0. The summed E-state index contributed by atoms with van der Waals surface area (Å²) in [7, 11) is -3.93. The Hall–Kier alpha value is -1.85. The van der Waals surface area contributed by atoms with Crippen molar-refractivity contribution in [1.82, 2.24) is 4.31 Å². The second-order valence-corrected chi connectivity index (χ2v) is 5.86. The average molecular weight is 286 g/mol. The number of aromatic carboxylic acids is 1. The fourth-order valence-corrected chi connectivity index (χ4v) is 3.06. The minimum absolute atomic E-state index is 0.0274. The van der Waals surface area contributed by atoms with Crippen molar-refractivity contribution in [2.45, 2.75) is 31.4 Å². The average Bonchev–Trinajstić information content (AvgIpc) is 2.78. The number of nitrogens with zero attached hydrogens (tertiary/aromatic N) is 2. The molecule has 8 heteroatoms. The molecule has 0 atom stereocenters. The van der Waals surface area contributed by atoms with Gasteiger partial charge in [0.1, 0.15) is 0 Å². The van der Waals surface area contributed by atoms with Crippen LogP contribution in [0.25, 0.3) is 0 Å². The van der Waals surface area contributed by atoms with E-state index in [1.165, 1.54) is 0 Å². The van der Waals surface area contributed by atoms with Crippen LogP contribution in [0.15, 0.2) is 21.6 Å². The lowest BCUT2D eigenvalue weighted by Crippen LogP contribution is -2.37. The van der Waals surface area contributed by atoms with Gasteiger partial charge in [0.15, 0.2) is 0 Å². The lowest BCUT2D eigenvalue weighted by Gasteiger charge is -2.23. The largest absolute Gasteiger partial charge is 0.475 e. The smallest absolute Gasteiger partial charge is 0.371 e. The van der Waals surface area contributed by atoms with Gasteiger partial charge >= 0.3 is 5.97 Å². The number of carboxylic acid groups (broad SMARTS) is 1. The molecule has 0 radical (unpaired) electrons. The molecule has 0 fully saturated rings. The van der Waals surface area contributed by atoms with Crippen LogP contribution in [0.5, 0.6) is 0 Å². The molecular weight excluding hydrogens is 272 g/mol.